The van der Waals surface area contributed by atoms with E-state index in [1.807, 2.05) is 13.0 Å². The maximum atomic E-state index is 13.2. The molecule has 35 heavy (non-hydrogen) atoms. The SMILES string of the molecule is CC(Cc1cc2c(c(C(N)=O)c1)N(CCCO)CC2)NCCOc1ccccc1OC(F)C(F)F. The summed E-state index contributed by atoms with van der Waals surface area (Å²) in [5.41, 5.74) is 9.10. The molecule has 0 aliphatic carbocycles. The molecule has 3 rings (SSSR count). The van der Waals surface area contributed by atoms with E-state index in [1.54, 1.807) is 12.1 Å². The Labute approximate surface area is 203 Å². The van der Waals surface area contributed by atoms with Gasteiger partial charge in [-0.2, -0.15) is 4.39 Å². The van der Waals surface area contributed by atoms with Gasteiger partial charge in [-0.3, -0.25) is 4.79 Å². The topological polar surface area (TPSA) is 97.1 Å². The Balaban J connectivity index is 1.54. The number of hydrogen-bond acceptors (Lipinski definition) is 6. The highest BCUT2D eigenvalue weighted by Crippen LogP contribution is 2.33. The van der Waals surface area contributed by atoms with Crippen molar-refractivity contribution in [2.75, 3.05) is 37.7 Å². The van der Waals surface area contributed by atoms with Gasteiger partial charge in [0.25, 0.3) is 12.3 Å². The molecule has 10 heteroatoms. The maximum absolute atomic E-state index is 13.2. The van der Waals surface area contributed by atoms with E-state index < -0.39 is 18.7 Å². The van der Waals surface area contributed by atoms with Crippen molar-refractivity contribution in [2.24, 2.45) is 5.73 Å². The molecule has 0 saturated heterocycles. The lowest BCUT2D eigenvalue weighted by Gasteiger charge is -2.22. The minimum absolute atomic E-state index is 0.0461. The van der Waals surface area contributed by atoms with Crippen LogP contribution in [0.5, 0.6) is 11.5 Å². The molecular weight excluding hydrogens is 463 g/mol. The lowest BCUT2D eigenvalue weighted by Crippen LogP contribution is -2.32. The number of aliphatic hydroxyl groups is 1. The van der Waals surface area contributed by atoms with Gasteiger partial charge in [0.15, 0.2) is 11.5 Å². The second-order valence-electron chi connectivity index (χ2n) is 8.49. The highest BCUT2D eigenvalue weighted by Gasteiger charge is 2.25. The molecule has 192 valence electrons. The standard InChI is InChI=1S/C25H32F3N3O4/c1-16(30-8-12-34-20-5-2-3-6-21(20)35-24(28)23(26)27)13-17-14-18-7-10-31(9-4-11-32)22(18)19(15-17)25(29)33/h2-3,5-6,14-16,23-24,30,32H,4,7-13H2,1H3,(H2,29,33). The quantitative estimate of drug-likeness (QED) is 0.349. The number of ether oxygens (including phenoxy) is 2. The molecule has 0 aromatic heterocycles. The average Bonchev–Trinajstić information content (AvgIpc) is 3.23. The molecule has 1 aliphatic heterocycles. The van der Waals surface area contributed by atoms with Crippen LogP contribution in [-0.4, -0.2) is 62.7 Å². The molecule has 0 bridgehead atoms. The summed E-state index contributed by atoms with van der Waals surface area (Å²) in [6, 6.07) is 10.1. The van der Waals surface area contributed by atoms with Crippen LogP contribution in [-0.2, 0) is 12.8 Å². The Morgan fingerprint density at radius 2 is 1.97 bits per heavy atom. The number of carbonyl (C=O) groups is 1. The molecule has 0 saturated carbocycles. The number of halogens is 3. The largest absolute Gasteiger partial charge is 0.488 e. The number of anilines is 1. The molecule has 2 unspecified atom stereocenters. The van der Waals surface area contributed by atoms with Crippen LogP contribution in [0, 0.1) is 0 Å². The number of nitrogens with one attached hydrogen (secondary N) is 1. The number of nitrogens with zero attached hydrogens (tertiary/aromatic N) is 1. The van der Waals surface area contributed by atoms with Crippen LogP contribution in [0.15, 0.2) is 36.4 Å². The lowest BCUT2D eigenvalue weighted by atomic mass is 9.98. The van der Waals surface area contributed by atoms with E-state index in [0.29, 0.717) is 31.5 Å². The fourth-order valence-electron chi connectivity index (χ4n) is 4.21. The van der Waals surface area contributed by atoms with Crippen LogP contribution >= 0.6 is 0 Å². The summed E-state index contributed by atoms with van der Waals surface area (Å²) >= 11 is 0. The third kappa shape index (κ3) is 7.25. The molecule has 0 spiro atoms. The first kappa shape index (κ1) is 26.6. The number of nitrogens with two attached hydrogens (primary N) is 1. The van der Waals surface area contributed by atoms with Crippen molar-refractivity contribution in [1.29, 1.82) is 0 Å². The van der Waals surface area contributed by atoms with Crippen LogP contribution < -0.4 is 25.4 Å². The zero-order valence-electron chi connectivity index (χ0n) is 19.7. The Morgan fingerprint density at radius 1 is 1.23 bits per heavy atom. The molecule has 2 aromatic carbocycles. The van der Waals surface area contributed by atoms with Gasteiger partial charge in [-0.05, 0) is 55.5 Å². The van der Waals surface area contributed by atoms with Gasteiger partial charge >= 0.3 is 6.43 Å². The molecule has 2 atom stereocenters. The van der Waals surface area contributed by atoms with Crippen molar-refractivity contribution >= 4 is 11.6 Å². The molecule has 0 radical (unpaired) electrons. The van der Waals surface area contributed by atoms with Gasteiger partial charge in [-0.15, -0.1) is 0 Å². The number of amides is 1. The van der Waals surface area contributed by atoms with Gasteiger partial charge in [0.1, 0.15) is 6.61 Å². The van der Waals surface area contributed by atoms with E-state index in [1.165, 1.54) is 12.1 Å². The summed E-state index contributed by atoms with van der Waals surface area (Å²) in [5.74, 6) is -0.379. The number of benzene rings is 2. The van der Waals surface area contributed by atoms with Gasteiger partial charge in [0.05, 0.1) is 11.3 Å². The monoisotopic (exact) mass is 495 g/mol. The van der Waals surface area contributed by atoms with Crippen LogP contribution in [0.25, 0.3) is 0 Å². The van der Waals surface area contributed by atoms with Gasteiger partial charge in [-0.1, -0.05) is 18.2 Å². The van der Waals surface area contributed by atoms with E-state index in [9.17, 15) is 18.0 Å². The molecule has 4 N–H and O–H groups in total. The smallest absolute Gasteiger partial charge is 0.304 e. The Bertz CT molecular complexity index is 992. The number of hydrogen-bond donors (Lipinski definition) is 3. The summed E-state index contributed by atoms with van der Waals surface area (Å²) in [7, 11) is 0. The average molecular weight is 496 g/mol. The summed E-state index contributed by atoms with van der Waals surface area (Å²) in [6.45, 7) is 4.21. The maximum Gasteiger partial charge on any atom is 0.304 e. The number of fused-ring (bicyclic) bond motifs is 1. The number of alkyl halides is 3. The minimum atomic E-state index is -3.25. The number of carbonyl (C=O) groups excluding carboxylic acids is 1. The predicted octanol–water partition coefficient (Wildman–Crippen LogP) is 3.07. The third-order valence-electron chi connectivity index (χ3n) is 5.75. The predicted molar refractivity (Wildman–Crippen MR) is 127 cm³/mol. The van der Waals surface area contributed by atoms with Crippen molar-refractivity contribution in [1.82, 2.24) is 5.32 Å². The van der Waals surface area contributed by atoms with E-state index in [2.05, 4.69) is 21.0 Å². The minimum Gasteiger partial charge on any atom is -0.488 e. The van der Waals surface area contributed by atoms with Crippen LogP contribution in [0.1, 0.15) is 34.8 Å². The molecule has 1 aliphatic rings. The number of rotatable bonds is 14. The van der Waals surface area contributed by atoms with Gasteiger partial charge in [0, 0.05) is 32.3 Å². The van der Waals surface area contributed by atoms with Crippen molar-refractivity contribution in [3.63, 3.8) is 0 Å². The first-order valence-electron chi connectivity index (χ1n) is 11.7. The number of primary amides is 1. The van der Waals surface area contributed by atoms with Crippen molar-refractivity contribution in [3.05, 3.63) is 53.1 Å². The molecule has 1 amide bonds. The lowest BCUT2D eigenvalue weighted by molar-refractivity contribution is -0.0679. The van der Waals surface area contributed by atoms with E-state index in [4.69, 9.17) is 15.6 Å². The fraction of sp³-hybridized carbons (Fsp3) is 0.480. The third-order valence-corrected chi connectivity index (χ3v) is 5.75. The molecule has 1 heterocycles. The molecule has 0 fully saturated rings. The van der Waals surface area contributed by atoms with Gasteiger partial charge in [-0.25, -0.2) is 8.78 Å². The van der Waals surface area contributed by atoms with Crippen molar-refractivity contribution < 1.29 is 32.5 Å². The van der Waals surface area contributed by atoms with Gasteiger partial charge < -0.3 is 30.5 Å². The van der Waals surface area contributed by atoms with E-state index in [-0.39, 0.29) is 30.8 Å². The molecular formula is C25H32F3N3O4. The summed E-state index contributed by atoms with van der Waals surface area (Å²) in [4.78, 5) is 14.2. The summed E-state index contributed by atoms with van der Waals surface area (Å²) in [5, 5.41) is 12.5. The van der Waals surface area contributed by atoms with Crippen LogP contribution in [0.3, 0.4) is 0 Å². The first-order chi connectivity index (χ1) is 16.8. The summed E-state index contributed by atoms with van der Waals surface area (Å²) < 4.78 is 48.4. The summed E-state index contributed by atoms with van der Waals surface area (Å²) in [6.07, 6.45) is -3.88. The highest BCUT2D eigenvalue weighted by molar-refractivity contribution is 6.00. The Kier molecular flexibility index (Phi) is 9.62. The fourth-order valence-corrected chi connectivity index (χ4v) is 4.21. The van der Waals surface area contributed by atoms with Crippen molar-refractivity contribution in [2.45, 2.75) is 45.0 Å². The van der Waals surface area contributed by atoms with Crippen LogP contribution in [0.4, 0.5) is 18.9 Å². The molecule has 2 aromatic rings. The number of para-hydroxylation sites is 2. The first-order valence-corrected chi connectivity index (χ1v) is 11.7. The normalized spacial score (nSPS) is 14.6. The second kappa shape index (κ2) is 12.6. The van der Waals surface area contributed by atoms with Crippen molar-refractivity contribution in [3.8, 4) is 11.5 Å². The zero-order chi connectivity index (χ0) is 25.4. The zero-order valence-corrected chi connectivity index (χ0v) is 19.7. The van der Waals surface area contributed by atoms with Gasteiger partial charge in [0.2, 0.25) is 0 Å². The highest BCUT2D eigenvalue weighted by atomic mass is 19.3. The Morgan fingerprint density at radius 3 is 2.66 bits per heavy atom. The van der Waals surface area contributed by atoms with E-state index >= 15 is 0 Å². The molecule has 7 nitrogen and oxygen atoms in total. The van der Waals surface area contributed by atoms with Crippen LogP contribution in [0.2, 0.25) is 0 Å². The van der Waals surface area contributed by atoms with E-state index in [0.717, 1.165) is 29.8 Å². The number of aliphatic hydroxyl groups excluding tert-OH is 1. The Hall–Kier alpha value is -2.98. The second-order valence-corrected chi connectivity index (χ2v) is 8.49.